The van der Waals surface area contributed by atoms with Crippen LogP contribution in [0.1, 0.15) is 53.0 Å². The minimum atomic E-state index is -0.912. The predicted octanol–water partition coefficient (Wildman–Crippen LogP) is 19.1. The second kappa shape index (κ2) is 33.5. The Labute approximate surface area is 592 Å². The lowest BCUT2D eigenvalue weighted by atomic mass is 10.1. The molecule has 506 valence electrons. The van der Waals surface area contributed by atoms with Crippen molar-refractivity contribution >= 4 is 72.9 Å². The minimum absolute atomic E-state index is 0. The normalized spacial score (nSPS) is 10.5. The molecule has 16 aromatic rings. The number of nitrogens with one attached hydrogen (secondary N) is 4. The fourth-order valence-corrected chi connectivity index (χ4v) is 11.4. The number of benzene rings is 12. The van der Waals surface area contributed by atoms with Gasteiger partial charge >= 0.3 is 5.97 Å². The Balaban J connectivity index is 0.000000136. The average molecular weight is 1340 g/mol. The van der Waals surface area contributed by atoms with Crippen LogP contribution < -0.4 is 26.0 Å². The van der Waals surface area contributed by atoms with E-state index in [9.17, 15) is 9.90 Å². The van der Waals surface area contributed by atoms with Gasteiger partial charge in [0.25, 0.3) is 0 Å². The number of hydrogen-bond donors (Lipinski definition) is 6. The summed E-state index contributed by atoms with van der Waals surface area (Å²) >= 11 is 0. The summed E-state index contributed by atoms with van der Waals surface area (Å²) in [5.74, 6) is 0.246. The second-order valence-electron chi connectivity index (χ2n) is 23.4. The van der Waals surface area contributed by atoms with Gasteiger partial charge in [0.15, 0.2) is 0 Å². The number of phenolic OH excluding ortho intramolecular Hbond substituents is 1. The van der Waals surface area contributed by atoms with Gasteiger partial charge < -0.3 is 36.2 Å². The highest BCUT2D eigenvalue weighted by Crippen LogP contribution is 2.27. The van der Waals surface area contributed by atoms with E-state index in [4.69, 9.17) is 15.1 Å². The number of carbonyl (C=O) groups is 1. The number of rotatable bonds is 18. The number of hydrogen-bond acceptors (Lipinski definition) is 12. The van der Waals surface area contributed by atoms with E-state index in [2.05, 4.69) is 150 Å². The number of fused-ring (bicyclic) bond motifs is 4. The Morgan fingerprint density at radius 2 is 0.667 bits per heavy atom. The van der Waals surface area contributed by atoms with Gasteiger partial charge in [-0.3, -0.25) is 18.3 Å². The van der Waals surface area contributed by atoms with E-state index in [1.807, 2.05) is 207 Å². The first-order chi connectivity index (χ1) is 49.2. The summed E-state index contributed by atoms with van der Waals surface area (Å²) in [6.45, 7) is 2.79. The van der Waals surface area contributed by atoms with Crippen LogP contribution in [0.3, 0.4) is 0 Å². The third-order valence-electron chi connectivity index (χ3n) is 16.7. The molecule has 0 fully saturated rings. The van der Waals surface area contributed by atoms with E-state index in [0.29, 0.717) is 30.8 Å². The highest BCUT2D eigenvalue weighted by molar-refractivity contribution is 5.87. The Hall–Kier alpha value is -13.7. The molecule has 0 atom stereocenters. The fraction of sp³-hybridized carbons (Fsp3) is 0.0824. The number of carboxylic acid groups (broad SMARTS) is 1. The van der Waals surface area contributed by atoms with Gasteiger partial charge in [0, 0.05) is 71.7 Å². The Kier molecular flexibility index (Phi) is 22.9. The van der Waals surface area contributed by atoms with Crippen molar-refractivity contribution < 1.29 is 19.7 Å². The molecule has 0 aliphatic carbocycles. The number of anilines is 4. The van der Waals surface area contributed by atoms with Gasteiger partial charge in [-0.05, 0) is 192 Å². The van der Waals surface area contributed by atoms with Crippen molar-refractivity contribution in [2.75, 3.05) is 28.4 Å². The molecule has 0 radical (unpaired) electrons. The number of aromatic nitrogens is 8. The number of methoxy groups -OCH3 is 1. The molecular weight excluding hydrogens is 1270 g/mol. The maximum absolute atomic E-state index is 10.9. The molecule has 4 heterocycles. The lowest BCUT2D eigenvalue weighted by molar-refractivity contribution is 0.0696. The van der Waals surface area contributed by atoms with E-state index in [1.165, 1.54) is 5.56 Å². The van der Waals surface area contributed by atoms with Crippen molar-refractivity contribution in [1.29, 1.82) is 5.26 Å². The van der Waals surface area contributed by atoms with Crippen molar-refractivity contribution in [2.45, 2.75) is 41.0 Å². The van der Waals surface area contributed by atoms with E-state index in [1.54, 1.807) is 31.4 Å². The smallest absolute Gasteiger partial charge is 0.335 e. The number of para-hydroxylation sites is 8. The van der Waals surface area contributed by atoms with Gasteiger partial charge in [0.1, 0.15) is 36.8 Å². The van der Waals surface area contributed by atoms with E-state index < -0.39 is 5.97 Å². The highest BCUT2D eigenvalue weighted by atomic mass is 16.5. The predicted molar refractivity (Wildman–Crippen MR) is 413 cm³/mol. The van der Waals surface area contributed by atoms with E-state index in [-0.39, 0.29) is 20.6 Å². The van der Waals surface area contributed by atoms with Crippen molar-refractivity contribution in [2.24, 2.45) is 0 Å². The molecule has 17 nitrogen and oxygen atoms in total. The SMILES string of the molecule is C.C.COc1ccc(CNc2cccc(-n3cnc4ccccc43)c2)cc1.N#Cc1ccc(CNc2cccc(-n3cnc4ccccc43)c2)cc1.O=C(O)c1ccc(CNc2cccc(-n3cnc4ccccc43)c2)cc1.Oc1ccc(CNc2cccc(-n3cnc4ccccc43)c2)cc1. The van der Waals surface area contributed by atoms with Crippen LogP contribution in [0, 0.1) is 11.3 Å². The van der Waals surface area contributed by atoms with Crippen molar-refractivity contribution in [1.82, 2.24) is 38.2 Å². The van der Waals surface area contributed by atoms with Crippen LogP contribution in [0.25, 0.3) is 66.9 Å². The summed E-state index contributed by atoms with van der Waals surface area (Å²) in [6.07, 6.45) is 7.40. The maximum Gasteiger partial charge on any atom is 0.335 e. The first-order valence-electron chi connectivity index (χ1n) is 32.4. The Bertz CT molecular complexity index is 5440. The first kappa shape index (κ1) is 69.6. The maximum atomic E-state index is 10.9. The molecule has 102 heavy (non-hydrogen) atoms. The molecule has 0 amide bonds. The van der Waals surface area contributed by atoms with Crippen molar-refractivity contribution in [3.63, 3.8) is 0 Å². The molecule has 0 aliphatic rings. The summed E-state index contributed by atoms with van der Waals surface area (Å²) in [5.41, 5.74) is 22.1. The molecule has 0 saturated heterocycles. The molecule has 6 N–H and O–H groups in total. The zero-order chi connectivity index (χ0) is 68.4. The van der Waals surface area contributed by atoms with Crippen LogP contribution in [-0.2, 0) is 26.2 Å². The number of ether oxygens (including phenoxy) is 1. The van der Waals surface area contributed by atoms with Crippen molar-refractivity contribution in [3.8, 4) is 40.3 Å². The molecule has 0 saturated carbocycles. The summed E-state index contributed by atoms with van der Waals surface area (Å²) in [4.78, 5) is 28.7. The second-order valence-corrected chi connectivity index (χ2v) is 23.4. The molecule has 0 unspecified atom stereocenters. The lowest BCUT2D eigenvalue weighted by Gasteiger charge is -2.10. The summed E-state index contributed by atoms with van der Waals surface area (Å²) in [5, 5.41) is 40.9. The van der Waals surface area contributed by atoms with Gasteiger partial charge in [-0.15, -0.1) is 0 Å². The Morgan fingerprint density at radius 1 is 0.382 bits per heavy atom. The third kappa shape index (κ3) is 17.3. The topological polar surface area (TPSA) is 210 Å². The molecule has 17 heteroatoms. The van der Waals surface area contributed by atoms with Crippen LogP contribution in [0.15, 0.2) is 316 Å². The molecule has 0 aliphatic heterocycles. The van der Waals surface area contributed by atoms with E-state index >= 15 is 0 Å². The van der Waals surface area contributed by atoms with Gasteiger partial charge in [-0.25, -0.2) is 24.7 Å². The quantitative estimate of drug-likeness (QED) is 0.0473. The van der Waals surface area contributed by atoms with Crippen LogP contribution in [-0.4, -0.2) is 61.5 Å². The largest absolute Gasteiger partial charge is 0.508 e. The molecule has 16 rings (SSSR count). The summed E-state index contributed by atoms with van der Waals surface area (Å²) in [6, 6.07) is 97.3. The third-order valence-corrected chi connectivity index (χ3v) is 16.7. The van der Waals surface area contributed by atoms with Gasteiger partial charge in [0.05, 0.1) is 68.4 Å². The summed E-state index contributed by atoms with van der Waals surface area (Å²) < 4.78 is 13.5. The van der Waals surface area contributed by atoms with E-state index in [0.717, 1.165) is 119 Å². The number of nitriles is 1. The zero-order valence-corrected chi connectivity index (χ0v) is 54.6. The first-order valence-corrected chi connectivity index (χ1v) is 32.4. The van der Waals surface area contributed by atoms with Crippen LogP contribution in [0.2, 0.25) is 0 Å². The van der Waals surface area contributed by atoms with Crippen LogP contribution in [0.5, 0.6) is 11.5 Å². The molecular formula is C85H77N13O4. The highest BCUT2D eigenvalue weighted by Gasteiger charge is 2.11. The van der Waals surface area contributed by atoms with Crippen molar-refractivity contribution in [3.05, 3.63) is 350 Å². The van der Waals surface area contributed by atoms with Gasteiger partial charge in [-0.2, -0.15) is 5.26 Å². The fourth-order valence-electron chi connectivity index (χ4n) is 11.4. The molecule has 0 bridgehead atoms. The zero-order valence-electron chi connectivity index (χ0n) is 54.6. The number of phenols is 1. The number of aromatic carboxylic acids is 1. The number of nitrogens with zero attached hydrogens (tertiary/aromatic N) is 9. The average Bonchev–Trinajstić information content (AvgIpc) is 1.67. The van der Waals surface area contributed by atoms with Gasteiger partial charge in [0.2, 0.25) is 0 Å². The molecule has 12 aromatic carbocycles. The summed E-state index contributed by atoms with van der Waals surface area (Å²) in [7, 11) is 1.68. The van der Waals surface area contributed by atoms with Crippen LogP contribution in [0.4, 0.5) is 22.7 Å². The lowest BCUT2D eigenvalue weighted by Crippen LogP contribution is -2.02. The Morgan fingerprint density at radius 3 is 0.961 bits per heavy atom. The standard InChI is InChI=1S/C21H16N4.C21H17N3O2.C21H19N3O.C20H17N3O.2CH4/c22-13-16-8-10-17(11-9-16)14-23-18-4-3-5-19(12-18)25-15-24-20-6-1-2-7-21(20)25;25-21(26)16-10-8-15(9-11-16)13-22-17-4-3-5-18(12-17)24-14-23-19-6-1-2-7-20(19)24;1-25-19-11-9-16(10-12-19)14-22-17-5-4-6-18(13-17)24-15-23-20-7-2-3-8-21(20)24;24-18-10-8-15(9-11-18)13-21-16-4-3-5-17(12-16)23-14-22-19-6-1-2-7-20(19)23;;/h1-12,15,23H,14H2;1-12,14,22H,13H2,(H,25,26);2-13,15,22H,14H2,1H3;1-12,14,21,24H,13H2;2*1H4. The molecule has 0 spiro atoms. The number of aromatic hydroxyl groups is 1. The number of imidazole rings is 4. The monoisotopic (exact) mass is 1340 g/mol. The minimum Gasteiger partial charge on any atom is -0.508 e. The van der Waals surface area contributed by atoms with Gasteiger partial charge in [-0.1, -0.05) is 136 Å². The van der Waals surface area contributed by atoms with Crippen LogP contribution >= 0.6 is 0 Å². The number of carboxylic acids is 1. The molecule has 4 aromatic heterocycles.